The highest BCUT2D eigenvalue weighted by Crippen LogP contribution is 2.36. The zero-order valence-electron chi connectivity index (χ0n) is 23.4. The fourth-order valence-corrected chi connectivity index (χ4v) is 6.28. The van der Waals surface area contributed by atoms with E-state index in [0.29, 0.717) is 0 Å². The number of para-hydroxylation sites is 1. The van der Waals surface area contributed by atoms with Gasteiger partial charge in [-0.15, -0.1) is 0 Å². The Balaban J connectivity index is 1.16. The van der Waals surface area contributed by atoms with Crippen LogP contribution < -0.4 is 4.74 Å². The predicted octanol–water partition coefficient (Wildman–Crippen LogP) is 6.37. The van der Waals surface area contributed by atoms with Crippen LogP contribution in [0.1, 0.15) is 31.2 Å². The fraction of sp³-hybridized carbons (Fsp3) is 0.424. The molecule has 2 aromatic heterocycles. The second kappa shape index (κ2) is 12.5. The standard InChI is InChI=1S/C33H39FN4O2/c1-39-32-7-3-2-6-29(32)31-22-36-33-30(31)20-27(21-35-33)26-17-25(18-28(34)19-26)23-38-10-4-5-24(9-12-38)8-11-37-13-15-40-16-14-37/h2-3,6-7,17-22,24H,4-5,8-16,23H2,1H3,(H,35,36). The quantitative estimate of drug-likeness (QED) is 0.280. The van der Waals surface area contributed by atoms with E-state index >= 15 is 0 Å². The van der Waals surface area contributed by atoms with Crippen LogP contribution in [0.4, 0.5) is 4.39 Å². The maximum Gasteiger partial charge on any atom is 0.137 e. The molecule has 1 atom stereocenters. The Kier molecular flexibility index (Phi) is 8.42. The highest BCUT2D eigenvalue weighted by molar-refractivity contribution is 5.97. The first-order valence-electron chi connectivity index (χ1n) is 14.6. The van der Waals surface area contributed by atoms with Gasteiger partial charge in [0.15, 0.2) is 0 Å². The second-order valence-electron chi connectivity index (χ2n) is 11.2. The van der Waals surface area contributed by atoms with Crippen LogP contribution in [0, 0.1) is 11.7 Å². The number of hydrogen-bond acceptors (Lipinski definition) is 5. The molecule has 0 bridgehead atoms. The van der Waals surface area contributed by atoms with Gasteiger partial charge in [0.1, 0.15) is 17.2 Å². The number of halogens is 1. The van der Waals surface area contributed by atoms with E-state index in [2.05, 4.69) is 31.9 Å². The van der Waals surface area contributed by atoms with Crippen molar-refractivity contribution in [2.24, 2.45) is 5.92 Å². The summed E-state index contributed by atoms with van der Waals surface area (Å²) in [6, 6.07) is 15.5. The van der Waals surface area contributed by atoms with E-state index in [4.69, 9.17) is 9.47 Å². The summed E-state index contributed by atoms with van der Waals surface area (Å²) in [5.41, 5.74) is 5.60. The van der Waals surface area contributed by atoms with Gasteiger partial charge in [0.05, 0.1) is 20.3 Å². The summed E-state index contributed by atoms with van der Waals surface area (Å²) in [6.07, 6.45) is 8.76. The number of ether oxygens (including phenoxy) is 2. The lowest BCUT2D eigenvalue weighted by atomic mass is 9.96. The van der Waals surface area contributed by atoms with E-state index in [9.17, 15) is 4.39 Å². The Morgan fingerprint density at radius 1 is 0.975 bits per heavy atom. The molecule has 2 aliphatic heterocycles. The maximum absolute atomic E-state index is 14.9. The Bertz CT molecular complexity index is 1430. The lowest BCUT2D eigenvalue weighted by Gasteiger charge is -2.28. The lowest BCUT2D eigenvalue weighted by Crippen LogP contribution is -2.37. The average Bonchev–Trinajstić information content (AvgIpc) is 3.28. The molecule has 2 saturated heterocycles. The van der Waals surface area contributed by atoms with Crippen LogP contribution in [0.25, 0.3) is 33.3 Å². The Morgan fingerprint density at radius 3 is 2.73 bits per heavy atom. The molecule has 2 fully saturated rings. The molecule has 4 aromatic rings. The van der Waals surface area contributed by atoms with Crippen molar-refractivity contribution in [1.29, 1.82) is 0 Å². The predicted molar refractivity (Wildman–Crippen MR) is 158 cm³/mol. The summed E-state index contributed by atoms with van der Waals surface area (Å²) < 4.78 is 26.0. The van der Waals surface area contributed by atoms with Crippen molar-refractivity contribution in [1.82, 2.24) is 19.8 Å². The molecule has 0 amide bonds. The molecule has 2 aliphatic rings. The number of aromatic nitrogens is 2. The molecule has 0 saturated carbocycles. The fourth-order valence-electron chi connectivity index (χ4n) is 6.28. The second-order valence-corrected chi connectivity index (χ2v) is 11.2. The van der Waals surface area contributed by atoms with Crippen molar-refractivity contribution in [3.8, 4) is 28.0 Å². The van der Waals surface area contributed by atoms with Crippen molar-refractivity contribution in [2.45, 2.75) is 32.2 Å². The van der Waals surface area contributed by atoms with E-state index < -0.39 is 0 Å². The number of morpholine rings is 1. The number of hydrogen-bond donors (Lipinski definition) is 1. The Morgan fingerprint density at radius 2 is 1.85 bits per heavy atom. The first kappa shape index (κ1) is 26.9. The highest BCUT2D eigenvalue weighted by Gasteiger charge is 2.20. The molecule has 7 heteroatoms. The monoisotopic (exact) mass is 542 g/mol. The van der Waals surface area contributed by atoms with Gasteiger partial charge in [-0.3, -0.25) is 9.80 Å². The summed E-state index contributed by atoms with van der Waals surface area (Å²) in [6.45, 7) is 7.95. The summed E-state index contributed by atoms with van der Waals surface area (Å²) >= 11 is 0. The number of H-pyrrole nitrogens is 1. The summed E-state index contributed by atoms with van der Waals surface area (Å²) in [5.74, 6) is 1.37. The van der Waals surface area contributed by atoms with Gasteiger partial charge in [-0.1, -0.05) is 18.2 Å². The largest absolute Gasteiger partial charge is 0.496 e. The molecule has 40 heavy (non-hydrogen) atoms. The van der Waals surface area contributed by atoms with Crippen LogP contribution in [0.3, 0.4) is 0 Å². The third kappa shape index (κ3) is 6.22. The van der Waals surface area contributed by atoms with Gasteiger partial charge in [-0.25, -0.2) is 9.37 Å². The molecular formula is C33H39FN4O2. The van der Waals surface area contributed by atoms with E-state index in [1.165, 1.54) is 32.2 Å². The molecule has 1 N–H and O–H groups in total. The molecule has 4 heterocycles. The van der Waals surface area contributed by atoms with Crippen LogP contribution in [-0.2, 0) is 11.3 Å². The summed E-state index contributed by atoms with van der Waals surface area (Å²) in [7, 11) is 1.68. The maximum atomic E-state index is 14.9. The minimum absolute atomic E-state index is 0.204. The van der Waals surface area contributed by atoms with Gasteiger partial charge < -0.3 is 14.5 Å². The van der Waals surface area contributed by atoms with Crippen LogP contribution in [0.2, 0.25) is 0 Å². The third-order valence-electron chi connectivity index (χ3n) is 8.52. The van der Waals surface area contributed by atoms with Crippen molar-refractivity contribution in [3.63, 3.8) is 0 Å². The normalized spacial score (nSPS) is 19.1. The number of pyridine rings is 1. The van der Waals surface area contributed by atoms with E-state index in [-0.39, 0.29) is 5.82 Å². The molecule has 210 valence electrons. The average molecular weight is 543 g/mol. The van der Waals surface area contributed by atoms with Crippen LogP contribution in [0.5, 0.6) is 5.75 Å². The third-order valence-corrected chi connectivity index (χ3v) is 8.52. The van der Waals surface area contributed by atoms with Gasteiger partial charge in [0.25, 0.3) is 0 Å². The molecular weight excluding hydrogens is 503 g/mol. The van der Waals surface area contributed by atoms with Gasteiger partial charge in [0.2, 0.25) is 0 Å². The molecule has 6 rings (SSSR count). The molecule has 1 unspecified atom stereocenters. The smallest absolute Gasteiger partial charge is 0.137 e. The van der Waals surface area contributed by atoms with Crippen molar-refractivity contribution >= 4 is 11.0 Å². The minimum Gasteiger partial charge on any atom is -0.496 e. The van der Waals surface area contributed by atoms with E-state index in [0.717, 1.165) is 96.5 Å². The van der Waals surface area contributed by atoms with E-state index in [1.807, 2.05) is 36.7 Å². The first-order valence-corrected chi connectivity index (χ1v) is 14.6. The molecule has 0 spiro atoms. The number of nitrogens with zero attached hydrogens (tertiary/aromatic N) is 3. The highest BCUT2D eigenvalue weighted by atomic mass is 19.1. The van der Waals surface area contributed by atoms with Crippen LogP contribution in [-0.4, -0.2) is 72.8 Å². The van der Waals surface area contributed by atoms with Crippen molar-refractivity contribution in [2.75, 3.05) is 53.0 Å². The van der Waals surface area contributed by atoms with Crippen molar-refractivity contribution < 1.29 is 13.9 Å². The minimum atomic E-state index is -0.204. The number of methoxy groups -OCH3 is 1. The van der Waals surface area contributed by atoms with Gasteiger partial charge >= 0.3 is 0 Å². The molecule has 0 aliphatic carbocycles. The van der Waals surface area contributed by atoms with Gasteiger partial charge in [-0.2, -0.15) is 0 Å². The van der Waals surface area contributed by atoms with Gasteiger partial charge in [-0.05, 0) is 92.7 Å². The Hall–Kier alpha value is -3.26. The van der Waals surface area contributed by atoms with E-state index in [1.54, 1.807) is 19.2 Å². The summed E-state index contributed by atoms with van der Waals surface area (Å²) in [5, 5.41) is 0.989. The summed E-state index contributed by atoms with van der Waals surface area (Å²) in [4.78, 5) is 13.0. The SMILES string of the molecule is COc1ccccc1-c1c[nH]c2ncc(-c3cc(F)cc(CN4CCCC(CCN5CCOCC5)CC4)c3)cc12. The number of aromatic amines is 1. The van der Waals surface area contributed by atoms with Crippen molar-refractivity contribution in [3.05, 3.63) is 72.3 Å². The molecule has 0 radical (unpaired) electrons. The van der Waals surface area contributed by atoms with Gasteiger partial charge in [0, 0.05) is 54.1 Å². The topological polar surface area (TPSA) is 53.6 Å². The Labute approximate surface area is 236 Å². The van der Waals surface area contributed by atoms with Crippen LogP contribution >= 0.6 is 0 Å². The number of benzene rings is 2. The molecule has 2 aromatic carbocycles. The number of nitrogens with one attached hydrogen (secondary N) is 1. The number of likely N-dealkylation sites (tertiary alicyclic amines) is 1. The lowest BCUT2D eigenvalue weighted by molar-refractivity contribution is 0.0351. The number of rotatable bonds is 8. The molecule has 6 nitrogen and oxygen atoms in total. The zero-order chi connectivity index (χ0) is 27.3. The number of fused-ring (bicyclic) bond motifs is 1. The zero-order valence-corrected chi connectivity index (χ0v) is 23.4. The first-order chi connectivity index (χ1) is 19.7. The van der Waals surface area contributed by atoms with Crippen LogP contribution in [0.15, 0.2) is 60.9 Å².